The molecule has 146 valence electrons. The largest absolute Gasteiger partial charge is 0.481 e. The Hall–Kier alpha value is -2.66. The van der Waals surface area contributed by atoms with Crippen molar-refractivity contribution in [3.8, 4) is 17.0 Å². The van der Waals surface area contributed by atoms with Gasteiger partial charge in [-0.25, -0.2) is 4.98 Å². The third-order valence-electron chi connectivity index (χ3n) is 4.31. The molecule has 2 aromatic carbocycles. The molecule has 1 heterocycles. The lowest BCUT2D eigenvalue weighted by atomic mass is 10.0. The molecule has 3 aromatic rings. The fourth-order valence-electron chi connectivity index (χ4n) is 2.92. The third-order valence-corrected chi connectivity index (χ3v) is 5.07. The maximum absolute atomic E-state index is 12.6. The molecule has 1 unspecified atom stereocenters. The molecule has 0 spiro atoms. The van der Waals surface area contributed by atoms with Gasteiger partial charge < -0.3 is 4.74 Å². The number of hydrogen-bond donors (Lipinski definition) is 1. The topological polar surface area (TPSA) is 51.2 Å². The van der Waals surface area contributed by atoms with E-state index >= 15 is 0 Å². The molecule has 0 aliphatic carbocycles. The van der Waals surface area contributed by atoms with Crippen molar-refractivity contribution < 1.29 is 9.53 Å². The summed E-state index contributed by atoms with van der Waals surface area (Å²) in [5.74, 6) is 1.14. The van der Waals surface area contributed by atoms with Crippen LogP contribution in [0.5, 0.6) is 5.75 Å². The molecule has 28 heavy (non-hydrogen) atoms. The van der Waals surface area contributed by atoms with Gasteiger partial charge in [-0.3, -0.25) is 10.1 Å². The van der Waals surface area contributed by atoms with Crippen molar-refractivity contribution in [2.24, 2.45) is 5.92 Å². The normalized spacial score (nSPS) is 12.0. The maximum Gasteiger partial charge on any atom is 0.267 e. The molecule has 5 heteroatoms. The highest BCUT2D eigenvalue weighted by molar-refractivity contribution is 7.14. The van der Waals surface area contributed by atoms with E-state index in [0.29, 0.717) is 23.2 Å². The standard InChI is InChI=1S/C23H26N2O2S/c1-4-21(27-19-8-6-5-7-9-19)22(26)25-23-24-20(15-28-23)18-12-10-17(11-13-18)14-16(2)3/h5-13,15-16,21H,4,14H2,1-3H3,(H,24,25,26). The highest BCUT2D eigenvalue weighted by Gasteiger charge is 2.20. The van der Waals surface area contributed by atoms with E-state index in [1.807, 2.05) is 42.6 Å². The number of nitrogens with one attached hydrogen (secondary N) is 1. The number of nitrogens with zero attached hydrogens (tertiary/aromatic N) is 1. The number of rotatable bonds is 8. The van der Waals surface area contributed by atoms with E-state index in [9.17, 15) is 4.79 Å². The molecule has 1 aromatic heterocycles. The lowest BCUT2D eigenvalue weighted by Gasteiger charge is -2.16. The minimum absolute atomic E-state index is 0.181. The van der Waals surface area contributed by atoms with Crippen LogP contribution in [0.4, 0.5) is 5.13 Å². The van der Waals surface area contributed by atoms with Crippen LogP contribution in [0, 0.1) is 5.92 Å². The van der Waals surface area contributed by atoms with Crippen LogP contribution >= 0.6 is 11.3 Å². The molecule has 0 saturated heterocycles. The number of carbonyl (C=O) groups excluding carboxylic acids is 1. The maximum atomic E-state index is 12.6. The highest BCUT2D eigenvalue weighted by atomic mass is 32.1. The van der Waals surface area contributed by atoms with Gasteiger partial charge in [-0.2, -0.15) is 0 Å². The minimum atomic E-state index is -0.551. The Bertz CT molecular complexity index is 888. The van der Waals surface area contributed by atoms with Crippen LogP contribution in [0.15, 0.2) is 60.0 Å². The van der Waals surface area contributed by atoms with E-state index in [1.165, 1.54) is 16.9 Å². The number of carbonyl (C=O) groups is 1. The van der Waals surface area contributed by atoms with Crippen molar-refractivity contribution in [3.05, 3.63) is 65.5 Å². The molecule has 0 aliphatic rings. The van der Waals surface area contributed by atoms with Crippen molar-refractivity contribution >= 4 is 22.4 Å². The third kappa shape index (κ3) is 5.42. The number of thiazole rings is 1. The summed E-state index contributed by atoms with van der Waals surface area (Å²) in [5, 5.41) is 5.43. The second-order valence-corrected chi connectivity index (χ2v) is 8.01. The number of aromatic nitrogens is 1. The first-order chi connectivity index (χ1) is 13.5. The summed E-state index contributed by atoms with van der Waals surface area (Å²) in [6, 6.07) is 17.9. The fourth-order valence-corrected chi connectivity index (χ4v) is 3.64. The van der Waals surface area contributed by atoms with Crippen LogP contribution in [0.25, 0.3) is 11.3 Å². The average Bonchev–Trinajstić information content (AvgIpc) is 3.15. The molecule has 3 rings (SSSR count). The van der Waals surface area contributed by atoms with Crippen LogP contribution in [0.3, 0.4) is 0 Å². The van der Waals surface area contributed by atoms with E-state index in [2.05, 4.69) is 48.4 Å². The quantitative estimate of drug-likeness (QED) is 0.525. The fraction of sp³-hybridized carbons (Fsp3) is 0.304. The van der Waals surface area contributed by atoms with Crippen LogP contribution in [0.1, 0.15) is 32.8 Å². The first-order valence-electron chi connectivity index (χ1n) is 9.62. The van der Waals surface area contributed by atoms with Crippen LogP contribution in [-0.2, 0) is 11.2 Å². The zero-order valence-electron chi connectivity index (χ0n) is 16.5. The SMILES string of the molecule is CCC(Oc1ccccc1)C(=O)Nc1nc(-c2ccc(CC(C)C)cc2)cs1. The Balaban J connectivity index is 1.64. The van der Waals surface area contributed by atoms with Gasteiger partial charge in [0.1, 0.15) is 5.75 Å². The van der Waals surface area contributed by atoms with E-state index in [-0.39, 0.29) is 5.91 Å². The molecule has 0 radical (unpaired) electrons. The van der Waals surface area contributed by atoms with Gasteiger partial charge in [-0.15, -0.1) is 11.3 Å². The van der Waals surface area contributed by atoms with Gasteiger partial charge in [0.25, 0.3) is 5.91 Å². The highest BCUT2D eigenvalue weighted by Crippen LogP contribution is 2.26. The number of benzene rings is 2. The number of hydrogen-bond acceptors (Lipinski definition) is 4. The molecule has 0 fully saturated rings. The summed E-state index contributed by atoms with van der Waals surface area (Å²) in [4.78, 5) is 17.1. The lowest BCUT2D eigenvalue weighted by Crippen LogP contribution is -2.32. The van der Waals surface area contributed by atoms with Gasteiger partial charge in [-0.1, -0.05) is 63.2 Å². The van der Waals surface area contributed by atoms with Crippen LogP contribution in [0.2, 0.25) is 0 Å². The molecule has 4 nitrogen and oxygen atoms in total. The zero-order valence-corrected chi connectivity index (χ0v) is 17.3. The molecule has 0 aliphatic heterocycles. The van der Waals surface area contributed by atoms with Crippen molar-refractivity contribution in [2.45, 2.75) is 39.7 Å². The first-order valence-corrected chi connectivity index (χ1v) is 10.5. The van der Waals surface area contributed by atoms with Gasteiger partial charge >= 0.3 is 0 Å². The summed E-state index contributed by atoms with van der Waals surface area (Å²) in [7, 11) is 0. The molecule has 1 amide bonds. The smallest absolute Gasteiger partial charge is 0.267 e. The predicted molar refractivity (Wildman–Crippen MR) is 116 cm³/mol. The summed E-state index contributed by atoms with van der Waals surface area (Å²) < 4.78 is 5.80. The Morgan fingerprint density at radius 1 is 1.11 bits per heavy atom. The predicted octanol–water partition coefficient (Wildman–Crippen LogP) is 5.80. The van der Waals surface area contributed by atoms with Crippen LogP contribution in [-0.4, -0.2) is 17.0 Å². The number of anilines is 1. The Morgan fingerprint density at radius 3 is 2.46 bits per heavy atom. The molecule has 0 saturated carbocycles. The van der Waals surface area contributed by atoms with Gasteiger partial charge in [0.05, 0.1) is 5.69 Å². The minimum Gasteiger partial charge on any atom is -0.481 e. The molecule has 1 N–H and O–H groups in total. The monoisotopic (exact) mass is 394 g/mol. The van der Waals surface area contributed by atoms with Gasteiger partial charge in [0.2, 0.25) is 0 Å². The number of ether oxygens (including phenoxy) is 1. The van der Waals surface area contributed by atoms with Gasteiger partial charge in [0, 0.05) is 10.9 Å². The van der Waals surface area contributed by atoms with Gasteiger partial charge in [-0.05, 0) is 36.5 Å². The average molecular weight is 395 g/mol. The zero-order chi connectivity index (χ0) is 19.9. The Labute approximate surface area is 170 Å². The second kappa shape index (κ2) is 9.51. The number of amides is 1. The lowest BCUT2D eigenvalue weighted by molar-refractivity contribution is -0.122. The van der Waals surface area contributed by atoms with Crippen molar-refractivity contribution in [3.63, 3.8) is 0 Å². The van der Waals surface area contributed by atoms with E-state index < -0.39 is 6.10 Å². The van der Waals surface area contributed by atoms with Gasteiger partial charge in [0.15, 0.2) is 11.2 Å². The summed E-state index contributed by atoms with van der Waals surface area (Å²) in [6.45, 7) is 6.36. The van der Waals surface area contributed by atoms with Crippen molar-refractivity contribution in [1.29, 1.82) is 0 Å². The van der Waals surface area contributed by atoms with E-state index in [1.54, 1.807) is 0 Å². The molecular formula is C23H26N2O2S. The van der Waals surface area contributed by atoms with E-state index in [4.69, 9.17) is 4.74 Å². The Morgan fingerprint density at radius 2 is 1.82 bits per heavy atom. The first kappa shape index (κ1) is 20.1. The molecular weight excluding hydrogens is 368 g/mol. The second-order valence-electron chi connectivity index (χ2n) is 7.15. The number of para-hydroxylation sites is 1. The van der Waals surface area contributed by atoms with E-state index in [0.717, 1.165) is 17.7 Å². The summed E-state index contributed by atoms with van der Waals surface area (Å²) in [6.07, 6.45) is 1.10. The van der Waals surface area contributed by atoms with Crippen molar-refractivity contribution in [1.82, 2.24) is 4.98 Å². The van der Waals surface area contributed by atoms with Crippen molar-refractivity contribution in [2.75, 3.05) is 5.32 Å². The molecule has 1 atom stereocenters. The summed E-state index contributed by atoms with van der Waals surface area (Å²) in [5.41, 5.74) is 3.25. The van der Waals surface area contributed by atoms with Crippen LogP contribution < -0.4 is 10.1 Å². The Kier molecular flexibility index (Phi) is 6.82. The molecule has 0 bridgehead atoms. The summed E-state index contributed by atoms with van der Waals surface area (Å²) >= 11 is 1.42.